The van der Waals surface area contributed by atoms with Crippen molar-refractivity contribution in [2.45, 2.75) is 168 Å². The van der Waals surface area contributed by atoms with Gasteiger partial charge in [0.1, 0.15) is 12.4 Å². The van der Waals surface area contributed by atoms with E-state index in [0.717, 1.165) is 13.0 Å². The molecule has 0 bridgehead atoms. The van der Waals surface area contributed by atoms with Gasteiger partial charge in [-0.05, 0) is 31.2 Å². The first-order valence-corrected chi connectivity index (χ1v) is 16.5. The lowest BCUT2D eigenvalue weighted by atomic mass is 10.0. The highest BCUT2D eigenvalue weighted by Crippen LogP contribution is 2.15. The fourth-order valence-corrected chi connectivity index (χ4v) is 5.60. The Hall–Kier alpha value is -1.57. The molecular weight excluding hydrogens is 448 g/mol. The van der Waals surface area contributed by atoms with Gasteiger partial charge in [-0.1, -0.05) is 153 Å². The lowest BCUT2D eigenvalue weighted by Gasteiger charge is -2.07. The Balaban J connectivity index is 1.57. The zero-order chi connectivity index (χ0) is 26.2. The summed E-state index contributed by atoms with van der Waals surface area (Å²) in [7, 11) is 0. The van der Waals surface area contributed by atoms with Gasteiger partial charge in [0.2, 0.25) is 0 Å². The minimum Gasteiger partial charge on any atom is -0.234 e. The number of hydrogen-bond acceptors (Lipinski definition) is 0. The molecule has 2 heteroatoms. The van der Waals surface area contributed by atoms with Crippen molar-refractivity contribution in [3.63, 3.8) is 0 Å². The van der Waals surface area contributed by atoms with Crippen molar-refractivity contribution >= 4 is 0 Å². The average Bonchev–Trinajstić information content (AvgIpc) is 3.29. The van der Waals surface area contributed by atoms with E-state index in [4.69, 9.17) is 0 Å². The van der Waals surface area contributed by atoms with Gasteiger partial charge in [0.25, 0.3) is 5.82 Å². The van der Waals surface area contributed by atoms with Crippen LogP contribution in [0.5, 0.6) is 0 Å². The van der Waals surface area contributed by atoms with E-state index in [-0.39, 0.29) is 0 Å². The molecule has 0 N–H and O–H groups in total. The number of aromatic nitrogens is 2. The van der Waals surface area contributed by atoms with Crippen LogP contribution in [0.2, 0.25) is 0 Å². The predicted octanol–water partition coefficient (Wildman–Crippen LogP) is 10.6. The van der Waals surface area contributed by atoms with Gasteiger partial charge in [0.15, 0.2) is 0 Å². The largest absolute Gasteiger partial charge is 0.260 e. The highest BCUT2D eigenvalue weighted by molar-refractivity contribution is 5.18. The Kier molecular flexibility index (Phi) is 19.2. The average molecular weight is 510 g/mol. The molecule has 0 amide bonds. The normalized spacial score (nSPS) is 11.4. The zero-order valence-electron chi connectivity index (χ0n) is 24.9. The van der Waals surface area contributed by atoms with E-state index < -0.39 is 0 Å². The van der Waals surface area contributed by atoms with Crippen LogP contribution in [0.1, 0.15) is 160 Å². The van der Waals surface area contributed by atoms with Gasteiger partial charge < -0.3 is 0 Å². The van der Waals surface area contributed by atoms with Crippen LogP contribution in [0.15, 0.2) is 42.7 Å². The number of nitrogens with zero attached hydrogens (tertiary/aromatic N) is 2. The Bertz CT molecular complexity index is 748. The Morgan fingerprint density at radius 1 is 0.541 bits per heavy atom. The molecule has 1 aromatic heterocycles. The third kappa shape index (κ3) is 15.4. The summed E-state index contributed by atoms with van der Waals surface area (Å²) in [6.45, 7) is 6.93. The molecule has 2 rings (SSSR count). The van der Waals surface area contributed by atoms with Crippen LogP contribution >= 0.6 is 0 Å². The Morgan fingerprint density at radius 3 is 1.51 bits per heavy atom. The fraction of sp³-hybridized carbons (Fsp3) is 0.743. The monoisotopic (exact) mass is 509 g/mol. The van der Waals surface area contributed by atoms with E-state index in [0.29, 0.717) is 0 Å². The van der Waals surface area contributed by atoms with Crippen LogP contribution in [0.25, 0.3) is 0 Å². The fourth-order valence-electron chi connectivity index (χ4n) is 5.60. The number of benzene rings is 1. The first-order chi connectivity index (χ1) is 18.3. The third-order valence-electron chi connectivity index (χ3n) is 8.05. The van der Waals surface area contributed by atoms with Crippen molar-refractivity contribution in [1.29, 1.82) is 0 Å². The van der Waals surface area contributed by atoms with Crippen molar-refractivity contribution < 1.29 is 4.57 Å². The maximum Gasteiger partial charge on any atom is 0.260 e. The lowest BCUT2D eigenvalue weighted by molar-refractivity contribution is -0.703. The van der Waals surface area contributed by atoms with Crippen LogP contribution in [-0.2, 0) is 19.5 Å². The third-order valence-corrected chi connectivity index (χ3v) is 8.05. The second-order valence-electron chi connectivity index (χ2n) is 11.5. The summed E-state index contributed by atoms with van der Waals surface area (Å²) in [5.74, 6) is 1.49. The van der Waals surface area contributed by atoms with E-state index in [1.54, 1.807) is 0 Å². The van der Waals surface area contributed by atoms with E-state index in [2.05, 4.69) is 65.7 Å². The highest BCUT2D eigenvalue weighted by Gasteiger charge is 2.17. The van der Waals surface area contributed by atoms with Gasteiger partial charge in [-0.15, -0.1) is 0 Å². The van der Waals surface area contributed by atoms with Crippen molar-refractivity contribution in [3.8, 4) is 0 Å². The summed E-state index contributed by atoms with van der Waals surface area (Å²) in [5, 5.41) is 0. The summed E-state index contributed by atoms with van der Waals surface area (Å²) >= 11 is 0. The molecule has 0 spiro atoms. The topological polar surface area (TPSA) is 8.81 Å². The number of hydrogen-bond donors (Lipinski definition) is 0. The SMILES string of the molecule is CCCCCCCCCCCCCCCCCCn1cc[n+](CCCCCCC)c1Cc1ccccc1. The summed E-state index contributed by atoms with van der Waals surface area (Å²) in [5.41, 5.74) is 1.43. The molecule has 0 aliphatic carbocycles. The summed E-state index contributed by atoms with van der Waals surface area (Å²) in [6.07, 6.45) is 35.4. The Labute approximate surface area is 231 Å². The number of unbranched alkanes of at least 4 members (excludes halogenated alkanes) is 19. The van der Waals surface area contributed by atoms with E-state index in [1.807, 2.05) is 0 Å². The second-order valence-corrected chi connectivity index (χ2v) is 11.5. The van der Waals surface area contributed by atoms with Crippen LogP contribution in [0.4, 0.5) is 0 Å². The molecule has 2 nitrogen and oxygen atoms in total. The molecule has 1 aromatic carbocycles. The zero-order valence-corrected chi connectivity index (χ0v) is 24.9. The first kappa shape index (κ1) is 31.6. The summed E-state index contributed by atoms with van der Waals surface area (Å²) < 4.78 is 5.08. The molecule has 1 heterocycles. The molecule has 0 radical (unpaired) electrons. The van der Waals surface area contributed by atoms with Gasteiger partial charge in [-0.3, -0.25) is 0 Å². The number of imidazole rings is 1. The Morgan fingerprint density at radius 2 is 1.00 bits per heavy atom. The van der Waals surface area contributed by atoms with E-state index >= 15 is 0 Å². The molecule has 0 saturated heterocycles. The molecule has 0 aliphatic heterocycles. The molecule has 0 saturated carbocycles. The molecule has 0 aliphatic rings. The van der Waals surface area contributed by atoms with E-state index in [9.17, 15) is 0 Å². The van der Waals surface area contributed by atoms with Crippen molar-refractivity contribution in [3.05, 3.63) is 54.1 Å². The van der Waals surface area contributed by atoms with Crippen molar-refractivity contribution in [2.75, 3.05) is 0 Å². The minimum atomic E-state index is 1.04. The molecule has 0 fully saturated rings. The van der Waals surface area contributed by atoms with Crippen molar-refractivity contribution in [1.82, 2.24) is 4.57 Å². The number of aryl methyl sites for hydroxylation is 2. The van der Waals surface area contributed by atoms with Gasteiger partial charge >= 0.3 is 0 Å². The van der Waals surface area contributed by atoms with Crippen LogP contribution < -0.4 is 4.57 Å². The highest BCUT2D eigenvalue weighted by atomic mass is 15.1. The summed E-state index contributed by atoms with van der Waals surface area (Å²) in [6, 6.07) is 11.0. The second kappa shape index (κ2) is 22.4. The van der Waals surface area contributed by atoms with Crippen LogP contribution in [0, 0.1) is 0 Å². The lowest BCUT2D eigenvalue weighted by Crippen LogP contribution is -2.37. The van der Waals surface area contributed by atoms with E-state index in [1.165, 1.54) is 153 Å². The van der Waals surface area contributed by atoms with Crippen LogP contribution in [-0.4, -0.2) is 4.57 Å². The first-order valence-electron chi connectivity index (χ1n) is 16.5. The molecule has 2 aromatic rings. The van der Waals surface area contributed by atoms with Gasteiger partial charge in [0.05, 0.1) is 19.5 Å². The molecule has 0 unspecified atom stereocenters. The molecule has 0 atom stereocenters. The maximum atomic E-state index is 2.54. The maximum absolute atomic E-state index is 2.54. The molecular formula is C35H61N2+. The molecule has 37 heavy (non-hydrogen) atoms. The smallest absolute Gasteiger partial charge is 0.234 e. The van der Waals surface area contributed by atoms with Gasteiger partial charge in [0, 0.05) is 0 Å². The number of rotatable bonds is 25. The predicted molar refractivity (Wildman–Crippen MR) is 162 cm³/mol. The van der Waals surface area contributed by atoms with Crippen LogP contribution in [0.3, 0.4) is 0 Å². The van der Waals surface area contributed by atoms with Gasteiger partial charge in [-0.2, -0.15) is 0 Å². The summed E-state index contributed by atoms with van der Waals surface area (Å²) in [4.78, 5) is 0. The minimum absolute atomic E-state index is 1.04. The quantitative estimate of drug-likeness (QED) is 0.0929. The van der Waals surface area contributed by atoms with Crippen molar-refractivity contribution in [2.24, 2.45) is 0 Å². The van der Waals surface area contributed by atoms with Gasteiger partial charge in [-0.25, -0.2) is 9.13 Å². The standard InChI is InChI=1S/C35H61N2/c1-3-5-7-9-10-11-12-13-14-15-16-17-18-19-21-26-30-37-32-31-36(29-25-20-8-6-4-2)35(37)33-34-27-23-22-24-28-34/h22-24,27-28,31-32H,3-21,25-26,29-30,33H2,1-2H3/q+1. The molecule has 210 valence electrons.